The molecule has 262 valence electrons. The summed E-state index contributed by atoms with van der Waals surface area (Å²) in [5.41, 5.74) is 14.0. The predicted octanol–water partition coefficient (Wildman–Crippen LogP) is 3.38. The molecule has 0 aliphatic rings. The van der Waals surface area contributed by atoms with Crippen LogP contribution in [-0.2, 0) is 29.0 Å². The van der Waals surface area contributed by atoms with Gasteiger partial charge in [0.2, 0.25) is 5.69 Å². The van der Waals surface area contributed by atoms with E-state index in [0.717, 1.165) is 0 Å². The average molecular weight is 689 g/mol. The molecule has 0 saturated heterocycles. The maximum absolute atomic E-state index is 12.3. The van der Waals surface area contributed by atoms with E-state index >= 15 is 0 Å². The van der Waals surface area contributed by atoms with E-state index < -0.39 is 17.4 Å². The Morgan fingerprint density at radius 3 is 1.68 bits per heavy atom. The number of carbonyl (C=O) groups is 2. The predicted molar refractivity (Wildman–Crippen MR) is 181 cm³/mol. The van der Waals surface area contributed by atoms with Gasteiger partial charge in [0.1, 0.15) is 17.5 Å². The highest BCUT2D eigenvalue weighted by Crippen LogP contribution is 2.40. The van der Waals surface area contributed by atoms with Crippen LogP contribution in [0.15, 0.2) is 45.2 Å². The Kier molecular flexibility index (Phi) is 9.02. The normalized spacial score (nSPS) is 12.4. The van der Waals surface area contributed by atoms with Crippen molar-refractivity contribution in [2.24, 2.45) is 34.6 Å². The standard InChI is InChI=1S/C29H37N17O4/c1-29(2,3)21-19(36-38-24-15(27(47)49-9)12-34-42(24)4)22(30)44(40-21)17-11-18(33-14-32-17)45-23(31)20(26(41-45)46(6,7)8)37-39-25-16(28(48)50-10)13-35-43(25)5/h11-14H,1-10H3,(H3-,30,31,34,35,38,39,40,41,47,48)/p+1. The quantitative estimate of drug-likeness (QED) is 0.128. The van der Waals surface area contributed by atoms with Crippen LogP contribution in [0.3, 0.4) is 0 Å². The SMILES string of the molecule is COC(=O)c1cnn(C)c1N=Nc1c(C(C)(C)C)nn(-c2cc(-n3nc([N+](C)(C)C)c(N=Nc4c(C(=O)OC)cnn4C)c3N)ncn2)c1N. The van der Waals surface area contributed by atoms with Gasteiger partial charge in [-0.2, -0.15) is 24.7 Å². The maximum atomic E-state index is 12.3. The van der Waals surface area contributed by atoms with Gasteiger partial charge < -0.3 is 20.9 Å². The highest BCUT2D eigenvalue weighted by molar-refractivity contribution is 5.94. The summed E-state index contributed by atoms with van der Waals surface area (Å²) >= 11 is 0. The Labute approximate surface area is 285 Å². The van der Waals surface area contributed by atoms with Gasteiger partial charge in [-0.05, 0) is 0 Å². The van der Waals surface area contributed by atoms with Crippen molar-refractivity contribution < 1.29 is 19.1 Å². The fourth-order valence-electron chi connectivity index (χ4n) is 4.71. The molecule has 5 heterocycles. The van der Waals surface area contributed by atoms with Crippen molar-refractivity contribution in [2.45, 2.75) is 26.2 Å². The number of rotatable bonds is 9. The number of nitrogens with two attached hydrogens (primary N) is 2. The third-order valence-corrected chi connectivity index (χ3v) is 7.31. The van der Waals surface area contributed by atoms with E-state index in [9.17, 15) is 9.59 Å². The summed E-state index contributed by atoms with van der Waals surface area (Å²) in [6, 6.07) is 1.59. The van der Waals surface area contributed by atoms with E-state index in [4.69, 9.17) is 31.1 Å². The first-order chi connectivity index (χ1) is 23.5. The van der Waals surface area contributed by atoms with Crippen molar-refractivity contribution in [1.29, 1.82) is 0 Å². The summed E-state index contributed by atoms with van der Waals surface area (Å²) in [5.74, 6) is 0.346. The smallest absolute Gasteiger partial charge is 0.343 e. The number of hydrogen-bond donors (Lipinski definition) is 2. The summed E-state index contributed by atoms with van der Waals surface area (Å²) in [6.45, 7) is 5.83. The van der Waals surface area contributed by atoms with E-state index in [1.54, 1.807) is 20.2 Å². The molecule has 0 saturated carbocycles. The lowest BCUT2D eigenvalue weighted by Crippen LogP contribution is -2.35. The zero-order valence-corrected chi connectivity index (χ0v) is 29.3. The van der Waals surface area contributed by atoms with Gasteiger partial charge in [0.15, 0.2) is 40.6 Å². The third-order valence-electron chi connectivity index (χ3n) is 7.31. The monoisotopic (exact) mass is 688 g/mol. The number of hydrogen-bond acceptors (Lipinski definition) is 16. The molecular formula is C29H38N17O4+. The van der Waals surface area contributed by atoms with Crippen LogP contribution in [0, 0.1) is 0 Å². The Hall–Kier alpha value is -6.38. The highest BCUT2D eigenvalue weighted by Gasteiger charge is 2.31. The number of nitrogen functional groups attached to an aromatic ring is 2. The number of carbonyl (C=O) groups excluding carboxylic acids is 2. The Balaban J connectivity index is 1.60. The van der Waals surface area contributed by atoms with Gasteiger partial charge in [0.25, 0.3) is 5.82 Å². The number of ether oxygens (including phenoxy) is 2. The molecule has 21 nitrogen and oxygen atoms in total. The molecule has 0 aliphatic heterocycles. The molecule has 0 radical (unpaired) electrons. The summed E-state index contributed by atoms with van der Waals surface area (Å²) < 4.78 is 15.5. The molecule has 5 rings (SSSR count). The molecule has 50 heavy (non-hydrogen) atoms. The lowest BCUT2D eigenvalue weighted by atomic mass is 9.91. The number of methoxy groups -OCH3 is 2. The number of quaternary nitrogens is 1. The summed E-state index contributed by atoms with van der Waals surface area (Å²) in [6.07, 6.45) is 4.00. The molecule has 4 N–H and O–H groups in total. The first-order valence-electron chi connectivity index (χ1n) is 14.9. The molecule has 0 spiro atoms. The highest BCUT2D eigenvalue weighted by atomic mass is 16.5. The third kappa shape index (κ3) is 6.40. The molecular weight excluding hydrogens is 650 g/mol. The van der Waals surface area contributed by atoms with Crippen LogP contribution in [0.4, 0.5) is 40.5 Å². The van der Waals surface area contributed by atoms with E-state index in [1.165, 1.54) is 51.7 Å². The summed E-state index contributed by atoms with van der Waals surface area (Å²) in [5, 5.41) is 35.1. The van der Waals surface area contributed by atoms with Crippen LogP contribution in [0.5, 0.6) is 0 Å². The van der Waals surface area contributed by atoms with Crippen LogP contribution in [-0.4, -0.2) is 96.4 Å². The van der Waals surface area contributed by atoms with Crippen molar-refractivity contribution in [3.05, 3.63) is 41.6 Å². The summed E-state index contributed by atoms with van der Waals surface area (Å²) in [4.78, 5) is 33.3. The number of aryl methyl sites for hydroxylation is 2. The number of esters is 2. The summed E-state index contributed by atoms with van der Waals surface area (Å²) in [7, 11) is 11.4. The number of azo groups is 2. The van der Waals surface area contributed by atoms with Crippen molar-refractivity contribution in [2.75, 3.05) is 46.8 Å². The van der Waals surface area contributed by atoms with Crippen LogP contribution >= 0.6 is 0 Å². The van der Waals surface area contributed by atoms with Crippen molar-refractivity contribution in [1.82, 2.24) is 53.6 Å². The fourth-order valence-corrected chi connectivity index (χ4v) is 4.71. The average Bonchev–Trinajstić information content (AvgIpc) is 3.81. The number of aromatic nitrogens is 10. The van der Waals surface area contributed by atoms with Gasteiger partial charge in [0, 0.05) is 25.6 Å². The second-order valence-corrected chi connectivity index (χ2v) is 12.9. The molecule has 0 amide bonds. The second kappa shape index (κ2) is 12.9. The number of nitrogens with zero attached hydrogens (tertiary/aromatic N) is 15. The first kappa shape index (κ1) is 34.9. The Morgan fingerprint density at radius 1 is 0.760 bits per heavy atom. The molecule has 5 aromatic heterocycles. The second-order valence-electron chi connectivity index (χ2n) is 12.9. The lowest BCUT2D eigenvalue weighted by molar-refractivity contribution is 0.0592. The van der Waals surface area contributed by atoms with Gasteiger partial charge in [-0.15, -0.1) is 25.6 Å². The van der Waals surface area contributed by atoms with Gasteiger partial charge in [-0.1, -0.05) is 20.8 Å². The van der Waals surface area contributed by atoms with E-state index in [2.05, 4.69) is 40.6 Å². The molecule has 0 aliphatic carbocycles. The van der Waals surface area contributed by atoms with Gasteiger partial charge >= 0.3 is 11.9 Å². The number of anilines is 2. The van der Waals surface area contributed by atoms with E-state index in [0.29, 0.717) is 11.5 Å². The fraction of sp³-hybridized carbons (Fsp3) is 0.379. The molecule has 0 fully saturated rings. The Bertz CT molecular complexity index is 2010. The van der Waals surface area contributed by atoms with Crippen molar-refractivity contribution >= 4 is 52.4 Å². The lowest BCUT2D eigenvalue weighted by Gasteiger charge is -2.20. The van der Waals surface area contributed by atoms with Gasteiger partial charge in [-0.25, -0.2) is 28.9 Å². The Morgan fingerprint density at radius 2 is 1.22 bits per heavy atom. The molecule has 0 aromatic carbocycles. The minimum Gasteiger partial charge on any atom is -0.465 e. The molecule has 0 atom stereocenters. The zero-order valence-electron chi connectivity index (χ0n) is 29.3. The minimum atomic E-state index is -0.615. The van der Waals surface area contributed by atoms with Crippen LogP contribution in [0.1, 0.15) is 47.2 Å². The zero-order chi connectivity index (χ0) is 36.7. The maximum Gasteiger partial charge on any atom is 0.343 e. The minimum absolute atomic E-state index is 0.110. The van der Waals surface area contributed by atoms with E-state index in [1.807, 2.05) is 41.9 Å². The molecule has 5 aromatic rings. The van der Waals surface area contributed by atoms with Crippen molar-refractivity contribution in [3.8, 4) is 11.6 Å². The van der Waals surface area contributed by atoms with Crippen molar-refractivity contribution in [3.63, 3.8) is 0 Å². The van der Waals surface area contributed by atoms with Crippen LogP contribution < -0.4 is 16.0 Å². The molecule has 0 bridgehead atoms. The van der Waals surface area contributed by atoms with Crippen LogP contribution in [0.25, 0.3) is 11.6 Å². The molecule has 0 unspecified atom stereocenters. The van der Waals surface area contributed by atoms with Gasteiger partial charge in [-0.3, -0.25) is 4.48 Å². The van der Waals surface area contributed by atoms with Gasteiger partial charge in [0.05, 0.1) is 53.5 Å². The first-order valence-corrected chi connectivity index (χ1v) is 14.9. The largest absolute Gasteiger partial charge is 0.465 e. The topological polar surface area (TPSA) is 251 Å². The molecule has 21 heteroatoms. The van der Waals surface area contributed by atoms with E-state index in [-0.39, 0.29) is 61.9 Å². The van der Waals surface area contributed by atoms with Crippen LogP contribution in [0.2, 0.25) is 0 Å².